The molecule has 0 radical (unpaired) electrons. The van der Waals surface area contributed by atoms with Crippen molar-refractivity contribution in [2.75, 3.05) is 57.2 Å². The molecule has 0 N–H and O–H groups in total. The van der Waals surface area contributed by atoms with Gasteiger partial charge in [-0.3, -0.25) is 4.79 Å². The van der Waals surface area contributed by atoms with Gasteiger partial charge in [-0.2, -0.15) is 0 Å². The Balaban J connectivity index is 1.60. The number of nitrogens with zero attached hydrogens (tertiary/aromatic N) is 4. The van der Waals surface area contributed by atoms with Crippen molar-refractivity contribution in [3.8, 4) is 5.75 Å². The minimum Gasteiger partial charge on any atom is -0.489 e. The van der Waals surface area contributed by atoms with Crippen LogP contribution in [0.1, 0.15) is 35.6 Å². The van der Waals surface area contributed by atoms with E-state index < -0.39 is 0 Å². The van der Waals surface area contributed by atoms with E-state index in [1.807, 2.05) is 0 Å². The second-order valence-corrected chi connectivity index (χ2v) is 10.1. The molecule has 29 heavy (non-hydrogen) atoms. The highest BCUT2D eigenvalue weighted by atomic mass is 32.1. The zero-order valence-corrected chi connectivity index (χ0v) is 18.8. The minimum absolute atomic E-state index is 0.00954. The number of likely N-dealkylation sites (N-methyl/N-ethyl adjacent to an activating group) is 2. The number of carbonyl (C=O) groups excluding carboxylic acids is 1. The molecule has 1 aromatic heterocycles. The SMILES string of the molecule is CN(C)CCN(C)c1ccc2c(c1)OCCN2c1nc2c(s1)C(=O)CC(C)(C)C2. The van der Waals surface area contributed by atoms with E-state index in [2.05, 4.69) is 67.9 Å². The van der Waals surface area contributed by atoms with E-state index in [1.165, 1.54) is 11.3 Å². The number of ketones is 1. The molecule has 0 unspecified atom stereocenters. The Kier molecular flexibility index (Phi) is 5.29. The average molecular weight is 415 g/mol. The molecule has 7 heteroatoms. The molecule has 0 spiro atoms. The van der Waals surface area contributed by atoms with E-state index in [0.717, 1.165) is 58.9 Å². The minimum atomic E-state index is -0.00954. The first-order valence-electron chi connectivity index (χ1n) is 10.2. The largest absolute Gasteiger partial charge is 0.489 e. The van der Waals surface area contributed by atoms with Crippen LogP contribution >= 0.6 is 11.3 Å². The number of rotatable bonds is 5. The van der Waals surface area contributed by atoms with Gasteiger partial charge >= 0.3 is 0 Å². The van der Waals surface area contributed by atoms with Gasteiger partial charge in [0.2, 0.25) is 0 Å². The first kappa shape index (κ1) is 20.2. The number of benzene rings is 1. The molecule has 0 saturated carbocycles. The third kappa shape index (κ3) is 4.12. The van der Waals surface area contributed by atoms with E-state index >= 15 is 0 Å². The van der Waals surface area contributed by atoms with Gasteiger partial charge < -0.3 is 19.4 Å². The second kappa shape index (κ2) is 7.61. The second-order valence-electron chi connectivity index (χ2n) is 9.09. The Morgan fingerprint density at radius 3 is 2.76 bits per heavy atom. The molecule has 2 aromatic rings. The lowest BCUT2D eigenvalue weighted by molar-refractivity contribution is 0.0916. The van der Waals surface area contributed by atoms with Crippen LogP contribution in [-0.2, 0) is 6.42 Å². The molecule has 1 aliphatic heterocycles. The fraction of sp³-hybridized carbons (Fsp3) is 0.545. The molecule has 0 saturated heterocycles. The molecular formula is C22H30N4O2S. The lowest BCUT2D eigenvalue weighted by atomic mass is 9.78. The van der Waals surface area contributed by atoms with Crippen molar-refractivity contribution < 1.29 is 9.53 Å². The Hall–Kier alpha value is -2.12. The number of carbonyl (C=O) groups is 1. The van der Waals surface area contributed by atoms with Crippen LogP contribution in [0.5, 0.6) is 5.75 Å². The Morgan fingerprint density at radius 1 is 1.21 bits per heavy atom. The molecule has 0 amide bonds. The summed E-state index contributed by atoms with van der Waals surface area (Å²) in [6.07, 6.45) is 1.46. The summed E-state index contributed by atoms with van der Waals surface area (Å²) in [7, 11) is 6.27. The van der Waals surface area contributed by atoms with Crippen LogP contribution in [0.3, 0.4) is 0 Å². The maximum atomic E-state index is 12.6. The number of hydrogen-bond donors (Lipinski definition) is 0. The number of Topliss-reactive ketones (excluding diaryl/α,β-unsaturated/α-hetero) is 1. The maximum Gasteiger partial charge on any atom is 0.190 e. The first-order chi connectivity index (χ1) is 13.7. The molecule has 2 heterocycles. The topological polar surface area (TPSA) is 48.9 Å². The normalized spacial score (nSPS) is 17.7. The molecule has 4 rings (SSSR count). The van der Waals surface area contributed by atoms with E-state index in [0.29, 0.717) is 13.0 Å². The van der Waals surface area contributed by atoms with E-state index in [1.54, 1.807) is 0 Å². The van der Waals surface area contributed by atoms with Crippen LogP contribution in [0.25, 0.3) is 0 Å². The number of thiazole rings is 1. The summed E-state index contributed by atoms with van der Waals surface area (Å²) >= 11 is 1.53. The maximum absolute atomic E-state index is 12.6. The van der Waals surface area contributed by atoms with Crippen LogP contribution in [0.15, 0.2) is 18.2 Å². The fourth-order valence-corrected chi connectivity index (χ4v) is 5.01. The van der Waals surface area contributed by atoms with E-state index in [9.17, 15) is 4.79 Å². The molecule has 0 fully saturated rings. The lowest BCUT2D eigenvalue weighted by Crippen LogP contribution is -2.30. The first-order valence-corrected chi connectivity index (χ1v) is 11.0. The number of ether oxygens (including phenoxy) is 1. The number of fused-ring (bicyclic) bond motifs is 2. The highest BCUT2D eigenvalue weighted by Gasteiger charge is 2.35. The highest BCUT2D eigenvalue weighted by Crippen LogP contribution is 2.44. The monoisotopic (exact) mass is 414 g/mol. The van der Waals surface area contributed by atoms with Crippen LogP contribution < -0.4 is 14.5 Å². The summed E-state index contributed by atoms with van der Waals surface area (Å²) in [5.41, 5.74) is 3.12. The van der Waals surface area contributed by atoms with Crippen molar-refractivity contribution in [1.29, 1.82) is 0 Å². The summed E-state index contributed by atoms with van der Waals surface area (Å²) in [6.45, 7) is 7.59. The zero-order chi connectivity index (χ0) is 20.8. The standard InChI is InChI=1S/C22H30N4O2S/c1-22(2)13-16-20(18(27)14-22)29-21(23-16)26-10-11-28-19-12-15(6-7-17(19)26)25(5)9-8-24(3)4/h6-7,12H,8-11,13-14H2,1-5H3. The summed E-state index contributed by atoms with van der Waals surface area (Å²) < 4.78 is 5.98. The van der Waals surface area contributed by atoms with Gasteiger partial charge in [0.1, 0.15) is 12.4 Å². The van der Waals surface area contributed by atoms with Gasteiger partial charge in [0.25, 0.3) is 0 Å². The van der Waals surface area contributed by atoms with Crippen molar-refractivity contribution in [2.45, 2.75) is 26.7 Å². The predicted octanol–water partition coefficient (Wildman–Crippen LogP) is 3.83. The van der Waals surface area contributed by atoms with Gasteiger partial charge in [-0.05, 0) is 38.1 Å². The molecule has 1 aliphatic carbocycles. The molecular weight excluding hydrogens is 384 g/mol. The van der Waals surface area contributed by atoms with Crippen LogP contribution in [0.2, 0.25) is 0 Å². The molecule has 0 bridgehead atoms. The summed E-state index contributed by atoms with van der Waals surface area (Å²) in [5, 5.41) is 0.902. The van der Waals surface area contributed by atoms with Gasteiger partial charge in [0.15, 0.2) is 10.9 Å². The van der Waals surface area contributed by atoms with Gasteiger partial charge in [-0.25, -0.2) is 4.98 Å². The van der Waals surface area contributed by atoms with Gasteiger partial charge in [-0.15, -0.1) is 0 Å². The summed E-state index contributed by atoms with van der Waals surface area (Å²) in [6, 6.07) is 6.36. The number of aromatic nitrogens is 1. The van der Waals surface area contributed by atoms with Crippen molar-refractivity contribution in [1.82, 2.24) is 9.88 Å². The van der Waals surface area contributed by atoms with E-state index in [-0.39, 0.29) is 11.2 Å². The number of anilines is 3. The Labute approximate surface area is 177 Å². The molecule has 6 nitrogen and oxygen atoms in total. The lowest BCUT2D eigenvalue weighted by Gasteiger charge is -2.30. The summed E-state index contributed by atoms with van der Waals surface area (Å²) in [4.78, 5) is 24.9. The van der Waals surface area contributed by atoms with Gasteiger partial charge in [0, 0.05) is 38.3 Å². The molecule has 156 valence electrons. The molecule has 1 aromatic carbocycles. The number of hydrogen-bond acceptors (Lipinski definition) is 7. The molecule has 2 aliphatic rings. The quantitative estimate of drug-likeness (QED) is 0.741. The van der Waals surface area contributed by atoms with Crippen molar-refractivity contribution in [3.05, 3.63) is 28.8 Å². The Bertz CT molecular complexity index is 922. The van der Waals surface area contributed by atoms with Gasteiger partial charge in [-0.1, -0.05) is 25.2 Å². The van der Waals surface area contributed by atoms with Crippen molar-refractivity contribution in [3.63, 3.8) is 0 Å². The van der Waals surface area contributed by atoms with E-state index in [4.69, 9.17) is 9.72 Å². The van der Waals surface area contributed by atoms with Crippen molar-refractivity contribution >= 4 is 33.6 Å². The van der Waals surface area contributed by atoms with Crippen LogP contribution in [-0.4, -0.2) is 63.1 Å². The molecule has 0 atom stereocenters. The van der Waals surface area contributed by atoms with Crippen LogP contribution in [0.4, 0.5) is 16.5 Å². The zero-order valence-electron chi connectivity index (χ0n) is 18.0. The highest BCUT2D eigenvalue weighted by molar-refractivity contribution is 7.17. The van der Waals surface area contributed by atoms with Gasteiger partial charge in [0.05, 0.1) is 22.8 Å². The van der Waals surface area contributed by atoms with Crippen LogP contribution in [0, 0.1) is 5.41 Å². The third-order valence-corrected chi connectivity index (χ3v) is 6.75. The third-order valence-electron chi connectivity index (χ3n) is 5.59. The fourth-order valence-electron chi connectivity index (χ4n) is 3.95. The smallest absolute Gasteiger partial charge is 0.190 e. The van der Waals surface area contributed by atoms with Crippen molar-refractivity contribution in [2.24, 2.45) is 5.41 Å². The predicted molar refractivity (Wildman–Crippen MR) is 119 cm³/mol. The summed E-state index contributed by atoms with van der Waals surface area (Å²) in [5.74, 6) is 1.11. The Morgan fingerprint density at radius 2 is 2.00 bits per heavy atom. The average Bonchev–Trinajstić information content (AvgIpc) is 3.08.